The molecule has 1 aromatic heterocycles. The Balaban J connectivity index is 1.34. The van der Waals surface area contributed by atoms with Gasteiger partial charge in [0, 0.05) is 39.3 Å². The lowest BCUT2D eigenvalue weighted by Crippen LogP contribution is -2.50. The topological polar surface area (TPSA) is 91.1 Å². The van der Waals surface area contributed by atoms with Crippen molar-refractivity contribution in [2.45, 2.75) is 30.8 Å². The van der Waals surface area contributed by atoms with Crippen molar-refractivity contribution in [2.75, 3.05) is 39.3 Å². The number of hydrogen-bond donors (Lipinski definition) is 0. The van der Waals surface area contributed by atoms with E-state index in [-0.39, 0.29) is 22.7 Å². The van der Waals surface area contributed by atoms with Crippen LogP contribution in [0, 0.1) is 0 Å². The molecule has 2 saturated heterocycles. The maximum Gasteiger partial charge on any atom is 0.289 e. The standard InChI is InChI=1S/C22H27N3O5S/c26-20(17-18-7-3-1-4-8-18)23-13-15-24(16-14-23)22(27)19-9-10-21(30-19)31(28,29)25-11-5-2-6-12-25/h1,3-4,7-10H,2,5-6,11-17H2. The van der Waals surface area contributed by atoms with Crippen molar-refractivity contribution < 1.29 is 22.4 Å². The van der Waals surface area contributed by atoms with Gasteiger partial charge < -0.3 is 14.2 Å². The summed E-state index contributed by atoms with van der Waals surface area (Å²) in [5, 5.41) is -0.186. The molecule has 9 heteroatoms. The first-order chi connectivity index (χ1) is 14.9. The molecule has 2 fully saturated rings. The van der Waals surface area contributed by atoms with E-state index in [1.54, 1.807) is 9.80 Å². The molecule has 1 aromatic carbocycles. The average Bonchev–Trinajstić information content (AvgIpc) is 3.31. The molecule has 8 nitrogen and oxygen atoms in total. The van der Waals surface area contributed by atoms with Gasteiger partial charge in [-0.1, -0.05) is 36.8 Å². The molecule has 0 bridgehead atoms. The minimum absolute atomic E-state index is 0.0136. The normalized spacial score (nSPS) is 18.2. The highest BCUT2D eigenvalue weighted by atomic mass is 32.2. The molecular formula is C22H27N3O5S. The fourth-order valence-corrected chi connectivity index (χ4v) is 5.43. The molecule has 2 aromatic rings. The lowest BCUT2D eigenvalue weighted by Gasteiger charge is -2.34. The lowest BCUT2D eigenvalue weighted by atomic mass is 10.1. The summed E-state index contributed by atoms with van der Waals surface area (Å²) in [6.45, 7) is 2.60. The second-order valence-electron chi connectivity index (χ2n) is 7.92. The number of sulfonamides is 1. The fourth-order valence-electron chi connectivity index (χ4n) is 4.00. The smallest absolute Gasteiger partial charge is 0.289 e. The summed E-state index contributed by atoms with van der Waals surface area (Å²) in [6.07, 6.45) is 3.02. The Bertz CT molecular complexity index is 1020. The highest BCUT2D eigenvalue weighted by Gasteiger charge is 2.31. The Morgan fingerprint density at radius 1 is 0.806 bits per heavy atom. The van der Waals surface area contributed by atoms with Crippen LogP contribution in [-0.4, -0.2) is 73.6 Å². The molecule has 2 amide bonds. The molecule has 3 heterocycles. The van der Waals surface area contributed by atoms with Gasteiger partial charge in [-0.3, -0.25) is 9.59 Å². The minimum atomic E-state index is -3.71. The lowest BCUT2D eigenvalue weighted by molar-refractivity contribution is -0.131. The SMILES string of the molecule is O=C(Cc1ccccc1)N1CCN(C(=O)c2ccc(S(=O)(=O)N3CCCCC3)o2)CC1. The van der Waals surface area contributed by atoms with E-state index in [1.165, 1.54) is 16.4 Å². The van der Waals surface area contributed by atoms with Gasteiger partial charge in [-0.2, -0.15) is 4.31 Å². The summed E-state index contributed by atoms with van der Waals surface area (Å²) < 4.78 is 32.3. The van der Waals surface area contributed by atoms with Gasteiger partial charge in [-0.15, -0.1) is 0 Å². The van der Waals surface area contributed by atoms with Gasteiger partial charge in [0.2, 0.25) is 11.0 Å². The zero-order chi connectivity index (χ0) is 21.8. The number of hydrogen-bond acceptors (Lipinski definition) is 5. The summed E-state index contributed by atoms with van der Waals surface area (Å²) in [4.78, 5) is 28.7. The van der Waals surface area contributed by atoms with Crippen LogP contribution in [0.3, 0.4) is 0 Å². The molecule has 0 saturated carbocycles. The number of amides is 2. The first kappa shape index (κ1) is 21.6. The van der Waals surface area contributed by atoms with Crippen LogP contribution in [0.4, 0.5) is 0 Å². The molecule has 0 N–H and O–H groups in total. The van der Waals surface area contributed by atoms with Crippen LogP contribution in [0.15, 0.2) is 52.0 Å². The van der Waals surface area contributed by atoms with Crippen molar-refractivity contribution in [2.24, 2.45) is 0 Å². The number of furan rings is 1. The predicted molar refractivity (Wildman–Crippen MR) is 114 cm³/mol. The second-order valence-corrected chi connectivity index (χ2v) is 9.79. The Labute approximate surface area is 182 Å². The first-order valence-electron chi connectivity index (χ1n) is 10.7. The average molecular weight is 446 g/mol. The molecule has 166 valence electrons. The fraction of sp³-hybridized carbons (Fsp3) is 0.455. The van der Waals surface area contributed by atoms with Gasteiger partial charge in [0.1, 0.15) is 0 Å². The molecule has 2 aliphatic heterocycles. The van der Waals surface area contributed by atoms with Crippen LogP contribution in [0.1, 0.15) is 35.4 Å². The van der Waals surface area contributed by atoms with Crippen LogP contribution < -0.4 is 0 Å². The largest absolute Gasteiger partial charge is 0.438 e. The molecule has 0 atom stereocenters. The summed E-state index contributed by atoms with van der Waals surface area (Å²) >= 11 is 0. The van der Waals surface area contributed by atoms with Gasteiger partial charge in [0.25, 0.3) is 15.9 Å². The van der Waals surface area contributed by atoms with E-state index in [2.05, 4.69) is 0 Å². The van der Waals surface area contributed by atoms with E-state index < -0.39 is 10.0 Å². The van der Waals surface area contributed by atoms with Crippen LogP contribution in [-0.2, 0) is 21.2 Å². The van der Waals surface area contributed by atoms with E-state index in [4.69, 9.17) is 4.42 Å². The molecule has 0 aliphatic carbocycles. The maximum atomic E-state index is 12.8. The quantitative estimate of drug-likeness (QED) is 0.702. The monoisotopic (exact) mass is 445 g/mol. The highest BCUT2D eigenvalue weighted by molar-refractivity contribution is 7.89. The van der Waals surface area contributed by atoms with Gasteiger partial charge in [-0.05, 0) is 30.5 Å². The van der Waals surface area contributed by atoms with Crippen LogP contribution in [0.5, 0.6) is 0 Å². The Kier molecular flexibility index (Phi) is 6.43. The highest BCUT2D eigenvalue weighted by Crippen LogP contribution is 2.23. The van der Waals surface area contributed by atoms with Crippen molar-refractivity contribution in [3.8, 4) is 0 Å². The number of piperazine rings is 1. The Morgan fingerprint density at radius 3 is 2.13 bits per heavy atom. The van der Waals surface area contributed by atoms with E-state index >= 15 is 0 Å². The number of carbonyl (C=O) groups is 2. The molecule has 31 heavy (non-hydrogen) atoms. The van der Waals surface area contributed by atoms with Gasteiger partial charge >= 0.3 is 0 Å². The molecular weight excluding hydrogens is 418 g/mol. The number of benzene rings is 1. The zero-order valence-corrected chi connectivity index (χ0v) is 18.2. The Morgan fingerprint density at radius 2 is 1.45 bits per heavy atom. The molecule has 0 spiro atoms. The van der Waals surface area contributed by atoms with Gasteiger partial charge in [-0.25, -0.2) is 8.42 Å². The first-order valence-corrected chi connectivity index (χ1v) is 12.1. The third-order valence-corrected chi connectivity index (χ3v) is 7.59. The number of rotatable bonds is 5. The summed E-state index contributed by atoms with van der Waals surface area (Å²) in [7, 11) is -3.71. The zero-order valence-electron chi connectivity index (χ0n) is 17.4. The van der Waals surface area contributed by atoms with Crippen molar-refractivity contribution in [1.29, 1.82) is 0 Å². The summed E-state index contributed by atoms with van der Waals surface area (Å²) in [5.74, 6) is -0.305. The van der Waals surface area contributed by atoms with Crippen LogP contribution in [0.2, 0.25) is 0 Å². The molecule has 4 rings (SSSR count). The predicted octanol–water partition coefficient (Wildman–Crippen LogP) is 1.98. The number of piperidine rings is 1. The summed E-state index contributed by atoms with van der Waals surface area (Å²) in [5.41, 5.74) is 0.962. The van der Waals surface area contributed by atoms with Gasteiger partial charge in [0.15, 0.2) is 5.76 Å². The van der Waals surface area contributed by atoms with E-state index in [0.29, 0.717) is 45.7 Å². The Hall–Kier alpha value is -2.65. The van der Waals surface area contributed by atoms with Crippen molar-refractivity contribution in [1.82, 2.24) is 14.1 Å². The molecule has 0 radical (unpaired) electrons. The number of nitrogens with zero attached hydrogens (tertiary/aromatic N) is 3. The van der Waals surface area contributed by atoms with E-state index in [0.717, 1.165) is 24.8 Å². The second kappa shape index (κ2) is 9.23. The van der Waals surface area contributed by atoms with Crippen LogP contribution >= 0.6 is 0 Å². The third-order valence-electron chi connectivity index (χ3n) is 5.82. The van der Waals surface area contributed by atoms with Crippen LogP contribution in [0.25, 0.3) is 0 Å². The molecule has 0 unspecified atom stereocenters. The van der Waals surface area contributed by atoms with E-state index in [1.807, 2.05) is 30.3 Å². The maximum absolute atomic E-state index is 12.8. The van der Waals surface area contributed by atoms with Crippen molar-refractivity contribution in [3.63, 3.8) is 0 Å². The third kappa shape index (κ3) is 4.83. The van der Waals surface area contributed by atoms with Crippen molar-refractivity contribution in [3.05, 3.63) is 53.8 Å². The van der Waals surface area contributed by atoms with Crippen molar-refractivity contribution >= 4 is 21.8 Å². The molecule has 2 aliphatic rings. The van der Waals surface area contributed by atoms with Gasteiger partial charge in [0.05, 0.1) is 6.42 Å². The summed E-state index contributed by atoms with van der Waals surface area (Å²) in [6, 6.07) is 12.3. The minimum Gasteiger partial charge on any atom is -0.438 e. The van der Waals surface area contributed by atoms with E-state index in [9.17, 15) is 18.0 Å². The number of carbonyl (C=O) groups excluding carboxylic acids is 2.